The normalized spacial score (nSPS) is 16.3. The van der Waals surface area contributed by atoms with Crippen molar-refractivity contribution in [2.24, 2.45) is 0 Å². The van der Waals surface area contributed by atoms with Crippen LogP contribution in [0.3, 0.4) is 0 Å². The highest BCUT2D eigenvalue weighted by Gasteiger charge is 2.17. The molecule has 1 amide bonds. The van der Waals surface area contributed by atoms with Crippen molar-refractivity contribution in [2.75, 3.05) is 25.1 Å². The first-order valence-electron chi connectivity index (χ1n) is 8.69. The molecule has 7 heteroatoms. The lowest BCUT2D eigenvalue weighted by atomic mass is 10.1. The Kier molecular flexibility index (Phi) is 8.03. The minimum Gasteiger partial charge on any atom is -0.489 e. The number of carbonyl (C=O) groups is 1. The number of anilines is 1. The first kappa shape index (κ1) is 21.2. The molecule has 1 fully saturated rings. The molecular formula is C20H24ClFN2O3. The van der Waals surface area contributed by atoms with Gasteiger partial charge in [-0.1, -0.05) is 12.1 Å². The van der Waals surface area contributed by atoms with Gasteiger partial charge in [0.1, 0.15) is 18.2 Å². The van der Waals surface area contributed by atoms with Crippen LogP contribution in [-0.2, 0) is 16.1 Å². The fraction of sp³-hybridized carbons (Fsp3) is 0.350. The predicted molar refractivity (Wildman–Crippen MR) is 105 cm³/mol. The van der Waals surface area contributed by atoms with E-state index >= 15 is 0 Å². The second-order valence-electron chi connectivity index (χ2n) is 6.37. The third kappa shape index (κ3) is 6.50. The minimum absolute atomic E-state index is 0. The van der Waals surface area contributed by atoms with Crippen molar-refractivity contribution in [3.05, 3.63) is 59.4 Å². The lowest BCUT2D eigenvalue weighted by Gasteiger charge is -2.23. The smallest absolute Gasteiger partial charge is 0.226 e. The summed E-state index contributed by atoms with van der Waals surface area (Å²) >= 11 is 0. The van der Waals surface area contributed by atoms with Gasteiger partial charge in [0.05, 0.1) is 13.2 Å². The number of aryl methyl sites for hydroxylation is 1. The van der Waals surface area contributed by atoms with Crippen molar-refractivity contribution in [1.29, 1.82) is 0 Å². The first-order valence-corrected chi connectivity index (χ1v) is 8.69. The molecule has 2 aromatic rings. The van der Waals surface area contributed by atoms with E-state index in [1.165, 1.54) is 12.1 Å². The Bertz CT molecular complexity index is 767. The van der Waals surface area contributed by atoms with Crippen LogP contribution in [0.25, 0.3) is 0 Å². The van der Waals surface area contributed by atoms with E-state index in [9.17, 15) is 9.18 Å². The zero-order valence-corrected chi connectivity index (χ0v) is 16.0. The fourth-order valence-corrected chi connectivity index (χ4v) is 2.84. The van der Waals surface area contributed by atoms with E-state index in [0.717, 1.165) is 23.4 Å². The van der Waals surface area contributed by atoms with Crippen molar-refractivity contribution >= 4 is 24.0 Å². The number of hydrogen-bond acceptors (Lipinski definition) is 4. The average molecular weight is 395 g/mol. The van der Waals surface area contributed by atoms with Crippen molar-refractivity contribution in [3.8, 4) is 5.75 Å². The Morgan fingerprint density at radius 3 is 2.89 bits per heavy atom. The van der Waals surface area contributed by atoms with E-state index in [0.29, 0.717) is 25.4 Å². The van der Waals surface area contributed by atoms with Gasteiger partial charge < -0.3 is 20.1 Å². The fourth-order valence-electron chi connectivity index (χ4n) is 2.84. The van der Waals surface area contributed by atoms with Crippen LogP contribution in [0.2, 0.25) is 0 Å². The Labute approximate surface area is 164 Å². The van der Waals surface area contributed by atoms with E-state index < -0.39 is 0 Å². The van der Waals surface area contributed by atoms with E-state index in [1.807, 2.05) is 25.1 Å². The van der Waals surface area contributed by atoms with E-state index in [2.05, 4.69) is 10.6 Å². The summed E-state index contributed by atoms with van der Waals surface area (Å²) in [4.78, 5) is 12.2. The highest BCUT2D eigenvalue weighted by atomic mass is 35.5. The predicted octanol–water partition coefficient (Wildman–Crippen LogP) is 3.45. The van der Waals surface area contributed by atoms with Crippen molar-refractivity contribution < 1.29 is 18.7 Å². The molecule has 1 atom stereocenters. The summed E-state index contributed by atoms with van der Waals surface area (Å²) < 4.78 is 24.3. The number of amides is 1. The van der Waals surface area contributed by atoms with Crippen LogP contribution in [0.1, 0.15) is 17.5 Å². The van der Waals surface area contributed by atoms with Crippen LogP contribution < -0.4 is 15.4 Å². The van der Waals surface area contributed by atoms with Gasteiger partial charge in [0.15, 0.2) is 0 Å². The lowest BCUT2D eigenvalue weighted by molar-refractivity contribution is -0.117. The summed E-state index contributed by atoms with van der Waals surface area (Å²) in [6.45, 7) is 4.21. The molecular weight excluding hydrogens is 371 g/mol. The van der Waals surface area contributed by atoms with Gasteiger partial charge in [0.2, 0.25) is 5.91 Å². The van der Waals surface area contributed by atoms with Crippen LogP contribution in [0, 0.1) is 12.7 Å². The Balaban J connectivity index is 0.00000261. The molecule has 0 aliphatic carbocycles. The molecule has 5 nitrogen and oxygen atoms in total. The quantitative estimate of drug-likeness (QED) is 0.787. The number of benzene rings is 2. The van der Waals surface area contributed by atoms with E-state index in [-0.39, 0.29) is 36.8 Å². The molecule has 0 radical (unpaired) electrons. The van der Waals surface area contributed by atoms with Crippen molar-refractivity contribution in [1.82, 2.24) is 5.32 Å². The maximum atomic E-state index is 13.2. The maximum Gasteiger partial charge on any atom is 0.226 e. The van der Waals surface area contributed by atoms with Gasteiger partial charge in [-0.25, -0.2) is 4.39 Å². The van der Waals surface area contributed by atoms with E-state index in [4.69, 9.17) is 9.47 Å². The number of ether oxygens (including phenoxy) is 2. The largest absolute Gasteiger partial charge is 0.489 e. The molecule has 0 aromatic heterocycles. The summed E-state index contributed by atoms with van der Waals surface area (Å²) in [6, 6.07) is 11.8. The molecule has 27 heavy (non-hydrogen) atoms. The number of carbonyl (C=O) groups excluding carboxylic acids is 1. The molecule has 1 saturated heterocycles. The van der Waals surface area contributed by atoms with Gasteiger partial charge >= 0.3 is 0 Å². The third-order valence-electron chi connectivity index (χ3n) is 4.20. The zero-order valence-electron chi connectivity index (χ0n) is 15.2. The van der Waals surface area contributed by atoms with Crippen LogP contribution >= 0.6 is 12.4 Å². The Morgan fingerprint density at radius 1 is 1.33 bits per heavy atom. The summed E-state index contributed by atoms with van der Waals surface area (Å²) in [5, 5.41) is 6.19. The van der Waals surface area contributed by atoms with Gasteiger partial charge in [-0.15, -0.1) is 12.4 Å². The molecule has 2 aromatic carbocycles. The third-order valence-corrected chi connectivity index (χ3v) is 4.20. The molecule has 146 valence electrons. The molecule has 3 rings (SSSR count). The Morgan fingerprint density at radius 2 is 2.19 bits per heavy atom. The van der Waals surface area contributed by atoms with Gasteiger partial charge in [0.25, 0.3) is 0 Å². The number of morpholine rings is 1. The average Bonchev–Trinajstić information content (AvgIpc) is 2.63. The van der Waals surface area contributed by atoms with Crippen LogP contribution in [-0.4, -0.2) is 31.7 Å². The summed E-state index contributed by atoms with van der Waals surface area (Å²) in [7, 11) is 0. The number of halogens is 2. The molecule has 0 saturated carbocycles. The van der Waals surface area contributed by atoms with Crippen molar-refractivity contribution in [2.45, 2.75) is 26.0 Å². The molecule has 1 aliphatic heterocycles. The molecule has 1 aliphatic rings. The highest BCUT2D eigenvalue weighted by molar-refractivity contribution is 5.92. The molecule has 0 spiro atoms. The van der Waals surface area contributed by atoms with Gasteiger partial charge in [-0.2, -0.15) is 0 Å². The van der Waals surface area contributed by atoms with E-state index in [1.54, 1.807) is 12.1 Å². The zero-order chi connectivity index (χ0) is 18.4. The highest BCUT2D eigenvalue weighted by Crippen LogP contribution is 2.22. The van der Waals surface area contributed by atoms with Crippen LogP contribution in [0.5, 0.6) is 5.75 Å². The molecule has 1 heterocycles. The molecule has 1 unspecified atom stereocenters. The topological polar surface area (TPSA) is 59.6 Å². The summed E-state index contributed by atoms with van der Waals surface area (Å²) in [6.07, 6.45) is 0.372. The number of rotatable bonds is 6. The van der Waals surface area contributed by atoms with Gasteiger partial charge in [-0.05, 0) is 48.4 Å². The van der Waals surface area contributed by atoms with Crippen molar-refractivity contribution in [3.63, 3.8) is 0 Å². The molecule has 2 N–H and O–H groups in total. The summed E-state index contributed by atoms with van der Waals surface area (Å²) in [5.41, 5.74) is 2.43. The SMILES string of the molecule is Cc1cc(OCc2cccc(F)c2)ccc1NC(=O)CC1COCCN1.Cl. The standard InChI is InChI=1S/C20H23FN2O3.ClH/c1-14-9-18(26-12-15-3-2-4-16(21)10-15)5-6-19(14)23-20(24)11-17-13-25-8-7-22-17;/h2-6,9-10,17,22H,7-8,11-13H2,1H3,(H,23,24);1H. The Hall–Kier alpha value is -2.15. The van der Waals surface area contributed by atoms with Gasteiger partial charge in [0, 0.05) is 24.7 Å². The number of nitrogens with one attached hydrogen (secondary N) is 2. The van der Waals surface area contributed by atoms with Gasteiger partial charge in [-0.3, -0.25) is 4.79 Å². The lowest BCUT2D eigenvalue weighted by Crippen LogP contribution is -2.43. The molecule has 0 bridgehead atoms. The van der Waals surface area contributed by atoms with Crippen LogP contribution in [0.15, 0.2) is 42.5 Å². The minimum atomic E-state index is -0.279. The first-order chi connectivity index (χ1) is 12.6. The summed E-state index contributed by atoms with van der Waals surface area (Å²) in [5.74, 6) is 0.342. The monoisotopic (exact) mass is 394 g/mol. The second kappa shape index (κ2) is 10.3. The second-order valence-corrected chi connectivity index (χ2v) is 6.37. The number of hydrogen-bond donors (Lipinski definition) is 2. The maximum absolute atomic E-state index is 13.2. The van der Waals surface area contributed by atoms with Crippen LogP contribution in [0.4, 0.5) is 10.1 Å².